The van der Waals surface area contributed by atoms with E-state index in [2.05, 4.69) is 19.2 Å². The smallest absolute Gasteiger partial charge is 0.343 e. The first-order valence-corrected chi connectivity index (χ1v) is 11.7. The highest BCUT2D eigenvalue weighted by atomic mass is 35.5. The summed E-state index contributed by atoms with van der Waals surface area (Å²) in [6.07, 6.45) is 0. The summed E-state index contributed by atoms with van der Waals surface area (Å²) in [5.41, 5.74) is 1.90. The molecule has 35 heavy (non-hydrogen) atoms. The standard InChI is InChI=1S/C26H19Cl3N2O4/c1-14(2)15-8-12-18(13-9-15)35-26(34)16-6-10-17(11-7-16)30-23-22(29)24(32)31(25(23)33)20-5-3-4-19(27)21(20)28/h3-14,30H,1-2H3. The van der Waals surface area contributed by atoms with Gasteiger partial charge in [-0.2, -0.15) is 0 Å². The molecule has 0 spiro atoms. The second-order valence-corrected chi connectivity index (χ2v) is 9.19. The van der Waals surface area contributed by atoms with Crippen LogP contribution in [0.2, 0.25) is 10.0 Å². The number of nitrogens with zero attached hydrogens (tertiary/aromatic N) is 1. The molecule has 4 rings (SSSR count). The van der Waals surface area contributed by atoms with E-state index in [0.717, 1.165) is 10.5 Å². The lowest BCUT2D eigenvalue weighted by atomic mass is 10.0. The van der Waals surface area contributed by atoms with Gasteiger partial charge < -0.3 is 10.1 Å². The molecule has 6 nitrogen and oxygen atoms in total. The Morgan fingerprint density at radius 3 is 2.17 bits per heavy atom. The number of benzene rings is 3. The van der Waals surface area contributed by atoms with Crippen molar-refractivity contribution in [1.82, 2.24) is 0 Å². The summed E-state index contributed by atoms with van der Waals surface area (Å²) in [7, 11) is 0. The Labute approximate surface area is 217 Å². The molecule has 0 unspecified atom stereocenters. The second-order valence-electron chi connectivity index (χ2n) is 8.02. The van der Waals surface area contributed by atoms with Gasteiger partial charge in [-0.3, -0.25) is 9.59 Å². The number of hydrogen-bond acceptors (Lipinski definition) is 5. The first-order chi connectivity index (χ1) is 16.7. The number of anilines is 2. The average molecular weight is 530 g/mol. The lowest BCUT2D eigenvalue weighted by molar-refractivity contribution is -0.120. The maximum Gasteiger partial charge on any atom is 0.343 e. The zero-order valence-electron chi connectivity index (χ0n) is 18.6. The molecule has 1 heterocycles. The lowest BCUT2D eigenvalue weighted by Gasteiger charge is -2.17. The molecule has 9 heteroatoms. The molecule has 0 aliphatic carbocycles. The SMILES string of the molecule is CC(C)c1ccc(OC(=O)c2ccc(NC3=C(Cl)C(=O)N(c4cccc(Cl)c4Cl)C3=O)cc2)cc1. The quantitative estimate of drug-likeness (QED) is 0.217. The molecule has 0 aromatic heterocycles. The Bertz CT molecular complexity index is 1350. The molecule has 0 bridgehead atoms. The summed E-state index contributed by atoms with van der Waals surface area (Å²) >= 11 is 18.4. The third kappa shape index (κ3) is 5.05. The van der Waals surface area contributed by atoms with Gasteiger partial charge >= 0.3 is 5.97 Å². The average Bonchev–Trinajstić information content (AvgIpc) is 3.05. The van der Waals surface area contributed by atoms with E-state index in [1.807, 2.05) is 12.1 Å². The number of imide groups is 1. The molecule has 178 valence electrons. The van der Waals surface area contributed by atoms with Gasteiger partial charge in [-0.15, -0.1) is 0 Å². The highest BCUT2D eigenvalue weighted by Crippen LogP contribution is 2.37. The number of carbonyl (C=O) groups is 3. The monoisotopic (exact) mass is 528 g/mol. The van der Waals surface area contributed by atoms with Crippen LogP contribution in [0.3, 0.4) is 0 Å². The Hall–Kier alpha value is -3.32. The van der Waals surface area contributed by atoms with Crippen LogP contribution < -0.4 is 15.0 Å². The van der Waals surface area contributed by atoms with Crippen LogP contribution in [0.15, 0.2) is 77.5 Å². The van der Waals surface area contributed by atoms with Crippen LogP contribution in [0.4, 0.5) is 11.4 Å². The van der Waals surface area contributed by atoms with Gasteiger partial charge in [-0.1, -0.05) is 66.8 Å². The fourth-order valence-corrected chi connectivity index (χ4v) is 4.01. The second kappa shape index (κ2) is 10.1. The molecule has 1 aliphatic rings. The van der Waals surface area contributed by atoms with Crippen molar-refractivity contribution >= 4 is 64.0 Å². The summed E-state index contributed by atoms with van der Waals surface area (Å²) in [4.78, 5) is 39.0. The molecular formula is C26H19Cl3N2O4. The Morgan fingerprint density at radius 1 is 0.886 bits per heavy atom. The van der Waals surface area contributed by atoms with E-state index in [1.165, 1.54) is 18.2 Å². The zero-order valence-corrected chi connectivity index (χ0v) is 20.9. The lowest BCUT2D eigenvalue weighted by Crippen LogP contribution is -2.32. The number of esters is 1. The fraction of sp³-hybridized carbons (Fsp3) is 0.115. The number of amides is 2. The third-order valence-corrected chi connectivity index (χ3v) is 6.51. The summed E-state index contributed by atoms with van der Waals surface area (Å²) < 4.78 is 5.42. The van der Waals surface area contributed by atoms with Crippen LogP contribution >= 0.6 is 34.8 Å². The van der Waals surface area contributed by atoms with Crippen molar-refractivity contribution in [1.29, 1.82) is 0 Å². The van der Waals surface area contributed by atoms with Crippen molar-refractivity contribution < 1.29 is 19.1 Å². The van der Waals surface area contributed by atoms with Crippen molar-refractivity contribution in [3.05, 3.63) is 98.6 Å². The van der Waals surface area contributed by atoms with Crippen LogP contribution in [0, 0.1) is 0 Å². The number of ether oxygens (including phenoxy) is 1. The number of nitrogens with one attached hydrogen (secondary N) is 1. The van der Waals surface area contributed by atoms with Gasteiger partial charge in [0.25, 0.3) is 11.8 Å². The van der Waals surface area contributed by atoms with E-state index < -0.39 is 17.8 Å². The molecule has 0 fully saturated rings. The van der Waals surface area contributed by atoms with E-state index in [9.17, 15) is 14.4 Å². The van der Waals surface area contributed by atoms with Gasteiger partial charge in [0.05, 0.1) is 21.3 Å². The number of rotatable bonds is 6. The van der Waals surface area contributed by atoms with Crippen molar-refractivity contribution in [2.75, 3.05) is 10.2 Å². The maximum atomic E-state index is 13.0. The van der Waals surface area contributed by atoms with Crippen LogP contribution in [0.5, 0.6) is 5.75 Å². The molecule has 2 amide bonds. The predicted octanol–water partition coefficient (Wildman–Crippen LogP) is 6.77. The molecule has 1 N–H and O–H groups in total. The van der Waals surface area contributed by atoms with E-state index in [-0.39, 0.29) is 26.5 Å². The van der Waals surface area contributed by atoms with Crippen LogP contribution in [0.25, 0.3) is 0 Å². The van der Waals surface area contributed by atoms with E-state index in [1.54, 1.807) is 36.4 Å². The minimum Gasteiger partial charge on any atom is -0.423 e. The Morgan fingerprint density at radius 2 is 1.54 bits per heavy atom. The summed E-state index contributed by atoms with van der Waals surface area (Å²) in [5.74, 6) is -1.13. The van der Waals surface area contributed by atoms with Gasteiger partial charge in [0.15, 0.2) is 0 Å². The highest BCUT2D eigenvalue weighted by molar-refractivity contribution is 6.54. The van der Waals surface area contributed by atoms with Crippen molar-refractivity contribution in [2.45, 2.75) is 19.8 Å². The summed E-state index contributed by atoms with van der Waals surface area (Å²) in [6.45, 7) is 4.16. The number of halogens is 3. The molecule has 3 aromatic rings. The van der Waals surface area contributed by atoms with Crippen molar-refractivity contribution in [3.63, 3.8) is 0 Å². The Kier molecular flexibility index (Phi) is 7.17. The first-order valence-electron chi connectivity index (χ1n) is 10.6. The number of carbonyl (C=O) groups excluding carboxylic acids is 3. The van der Waals surface area contributed by atoms with Crippen LogP contribution in [-0.4, -0.2) is 17.8 Å². The van der Waals surface area contributed by atoms with E-state index >= 15 is 0 Å². The minimum atomic E-state index is -0.730. The van der Waals surface area contributed by atoms with E-state index in [4.69, 9.17) is 39.5 Å². The van der Waals surface area contributed by atoms with Crippen molar-refractivity contribution in [2.24, 2.45) is 0 Å². The van der Waals surface area contributed by atoms with Gasteiger partial charge in [0.1, 0.15) is 16.5 Å². The zero-order chi connectivity index (χ0) is 25.3. The predicted molar refractivity (Wildman–Crippen MR) is 137 cm³/mol. The molecule has 0 radical (unpaired) electrons. The topological polar surface area (TPSA) is 75.7 Å². The first kappa shape index (κ1) is 24.8. The molecule has 0 atom stereocenters. The van der Waals surface area contributed by atoms with E-state index in [0.29, 0.717) is 22.9 Å². The number of hydrogen-bond donors (Lipinski definition) is 1. The molecule has 1 aliphatic heterocycles. The maximum absolute atomic E-state index is 13.0. The summed E-state index contributed by atoms with van der Waals surface area (Å²) in [5, 5.41) is 2.81. The molecule has 0 saturated heterocycles. The fourth-order valence-electron chi connectivity index (χ4n) is 3.42. The highest BCUT2D eigenvalue weighted by Gasteiger charge is 2.40. The molecule has 3 aromatic carbocycles. The van der Waals surface area contributed by atoms with Gasteiger partial charge in [-0.05, 0) is 60.0 Å². The largest absolute Gasteiger partial charge is 0.423 e. The van der Waals surface area contributed by atoms with Crippen molar-refractivity contribution in [3.8, 4) is 5.75 Å². The molecular weight excluding hydrogens is 511 g/mol. The van der Waals surface area contributed by atoms with Crippen LogP contribution in [0.1, 0.15) is 35.7 Å². The minimum absolute atomic E-state index is 0.0586. The van der Waals surface area contributed by atoms with Gasteiger partial charge in [0, 0.05) is 5.69 Å². The van der Waals surface area contributed by atoms with Crippen LogP contribution in [-0.2, 0) is 9.59 Å². The normalized spacial score (nSPS) is 13.6. The Balaban J connectivity index is 1.47. The third-order valence-electron chi connectivity index (χ3n) is 5.35. The summed E-state index contributed by atoms with van der Waals surface area (Å²) in [6, 6.07) is 18.1. The van der Waals surface area contributed by atoms with Gasteiger partial charge in [0.2, 0.25) is 0 Å². The van der Waals surface area contributed by atoms with Gasteiger partial charge in [-0.25, -0.2) is 9.69 Å². The molecule has 0 saturated carbocycles.